The summed E-state index contributed by atoms with van der Waals surface area (Å²) in [6.45, 7) is 0. The van der Waals surface area contributed by atoms with Gasteiger partial charge in [-0.1, -0.05) is 0 Å². The molecular weight excluding hydrogens is 332 g/mol. The largest absolute Gasteiger partial charge is 0.497 e. The molecule has 6 heteroatoms. The minimum atomic E-state index is 0.704. The number of methoxy groups -OCH3 is 4. The number of hydrogen-bond acceptors (Lipinski definition) is 5. The Labute approximate surface area is 152 Å². The summed E-state index contributed by atoms with van der Waals surface area (Å²) in [6.07, 6.45) is 0. The molecule has 6 nitrogen and oxygen atoms in total. The van der Waals surface area contributed by atoms with E-state index in [-0.39, 0.29) is 0 Å². The number of aromatic nitrogens is 2. The number of benzene rings is 2. The number of aryl methyl sites for hydroxylation is 1. The predicted octanol–water partition coefficient (Wildman–Crippen LogP) is 3.79. The second-order valence-corrected chi connectivity index (χ2v) is 5.67. The van der Waals surface area contributed by atoms with Crippen LogP contribution in [0.2, 0.25) is 0 Å². The predicted molar refractivity (Wildman–Crippen MR) is 100 cm³/mol. The molecule has 1 heterocycles. The molecule has 3 aromatic rings. The van der Waals surface area contributed by atoms with E-state index < -0.39 is 0 Å². The topological polar surface area (TPSA) is 54.7 Å². The van der Waals surface area contributed by atoms with Crippen molar-refractivity contribution in [3.05, 3.63) is 42.5 Å². The minimum Gasteiger partial charge on any atom is -0.497 e. The molecule has 26 heavy (non-hydrogen) atoms. The molecule has 0 aliphatic carbocycles. The molecule has 0 aliphatic heterocycles. The second-order valence-electron chi connectivity index (χ2n) is 5.67. The van der Waals surface area contributed by atoms with Crippen molar-refractivity contribution < 1.29 is 18.9 Å². The van der Waals surface area contributed by atoms with E-state index in [1.165, 1.54) is 0 Å². The van der Waals surface area contributed by atoms with Gasteiger partial charge in [0.2, 0.25) is 0 Å². The first-order valence-corrected chi connectivity index (χ1v) is 8.10. The van der Waals surface area contributed by atoms with Gasteiger partial charge in [0, 0.05) is 30.3 Å². The number of nitrogens with zero attached hydrogens (tertiary/aromatic N) is 2. The molecule has 136 valence electrons. The van der Waals surface area contributed by atoms with Crippen molar-refractivity contribution in [2.45, 2.75) is 0 Å². The molecule has 2 aromatic carbocycles. The summed E-state index contributed by atoms with van der Waals surface area (Å²) in [6, 6.07) is 13.4. The quantitative estimate of drug-likeness (QED) is 0.674. The highest BCUT2D eigenvalue weighted by atomic mass is 16.5. The van der Waals surface area contributed by atoms with Crippen LogP contribution < -0.4 is 18.9 Å². The Morgan fingerprint density at radius 1 is 0.692 bits per heavy atom. The zero-order chi connectivity index (χ0) is 18.7. The molecule has 0 amide bonds. The van der Waals surface area contributed by atoms with Gasteiger partial charge in [0.15, 0.2) is 0 Å². The first-order chi connectivity index (χ1) is 12.6. The Balaban J connectivity index is 2.09. The molecule has 0 fully saturated rings. The van der Waals surface area contributed by atoms with Crippen molar-refractivity contribution in [3.63, 3.8) is 0 Å². The summed E-state index contributed by atoms with van der Waals surface area (Å²) in [5, 5.41) is 4.65. The Bertz CT molecular complexity index is 918. The summed E-state index contributed by atoms with van der Waals surface area (Å²) in [4.78, 5) is 0. The van der Waals surface area contributed by atoms with Gasteiger partial charge in [-0.05, 0) is 30.3 Å². The van der Waals surface area contributed by atoms with Crippen molar-refractivity contribution >= 4 is 0 Å². The van der Waals surface area contributed by atoms with E-state index in [2.05, 4.69) is 5.10 Å². The lowest BCUT2D eigenvalue weighted by Crippen LogP contribution is -1.97. The van der Waals surface area contributed by atoms with Crippen LogP contribution in [0.5, 0.6) is 23.0 Å². The maximum Gasteiger partial charge on any atom is 0.132 e. The molecule has 3 rings (SSSR count). The molecule has 0 bridgehead atoms. The summed E-state index contributed by atoms with van der Waals surface area (Å²) >= 11 is 0. The molecule has 0 atom stereocenters. The van der Waals surface area contributed by atoms with E-state index in [0.717, 1.165) is 39.8 Å². The highest BCUT2D eigenvalue weighted by molar-refractivity contribution is 5.76. The highest BCUT2D eigenvalue weighted by Gasteiger charge is 2.16. The smallest absolute Gasteiger partial charge is 0.132 e. The van der Waals surface area contributed by atoms with Crippen molar-refractivity contribution in [1.82, 2.24) is 9.78 Å². The third-order valence-electron chi connectivity index (χ3n) is 4.25. The van der Waals surface area contributed by atoms with E-state index in [9.17, 15) is 0 Å². The van der Waals surface area contributed by atoms with Crippen LogP contribution in [0.25, 0.3) is 22.5 Å². The lowest BCUT2D eigenvalue weighted by molar-refractivity contribution is 0.395. The summed E-state index contributed by atoms with van der Waals surface area (Å²) in [5.41, 5.74) is 3.56. The fourth-order valence-corrected chi connectivity index (χ4v) is 2.87. The van der Waals surface area contributed by atoms with E-state index in [1.807, 2.05) is 54.2 Å². The normalized spacial score (nSPS) is 10.5. The second kappa shape index (κ2) is 7.39. The van der Waals surface area contributed by atoms with Gasteiger partial charge in [-0.3, -0.25) is 4.68 Å². The van der Waals surface area contributed by atoms with Gasteiger partial charge in [-0.2, -0.15) is 5.10 Å². The van der Waals surface area contributed by atoms with Crippen molar-refractivity contribution in [3.8, 4) is 45.5 Å². The first-order valence-electron chi connectivity index (χ1n) is 8.10. The average Bonchev–Trinajstić information content (AvgIpc) is 3.07. The third-order valence-corrected chi connectivity index (χ3v) is 4.25. The van der Waals surface area contributed by atoms with Crippen LogP contribution in [0.1, 0.15) is 0 Å². The van der Waals surface area contributed by atoms with Crippen molar-refractivity contribution in [2.75, 3.05) is 28.4 Å². The first kappa shape index (κ1) is 17.7. The van der Waals surface area contributed by atoms with Crippen LogP contribution >= 0.6 is 0 Å². The molecule has 0 saturated carbocycles. The van der Waals surface area contributed by atoms with E-state index in [0.29, 0.717) is 5.75 Å². The fraction of sp³-hybridized carbons (Fsp3) is 0.250. The van der Waals surface area contributed by atoms with Gasteiger partial charge in [0.05, 0.1) is 39.8 Å². The van der Waals surface area contributed by atoms with Crippen molar-refractivity contribution in [2.24, 2.45) is 7.05 Å². The van der Waals surface area contributed by atoms with Crippen LogP contribution in [0.3, 0.4) is 0 Å². The van der Waals surface area contributed by atoms with Gasteiger partial charge in [-0.25, -0.2) is 0 Å². The molecule has 0 saturated heterocycles. The highest BCUT2D eigenvalue weighted by Crippen LogP contribution is 2.37. The number of ether oxygens (including phenoxy) is 4. The molecule has 0 radical (unpaired) electrons. The Morgan fingerprint density at radius 3 is 1.77 bits per heavy atom. The van der Waals surface area contributed by atoms with Gasteiger partial charge in [-0.15, -0.1) is 0 Å². The maximum absolute atomic E-state index is 5.53. The van der Waals surface area contributed by atoms with Crippen LogP contribution in [0.15, 0.2) is 42.5 Å². The minimum absolute atomic E-state index is 0.704. The van der Waals surface area contributed by atoms with Crippen LogP contribution in [-0.4, -0.2) is 38.2 Å². The van der Waals surface area contributed by atoms with E-state index in [1.54, 1.807) is 28.4 Å². The molecule has 0 aliphatic rings. The summed E-state index contributed by atoms with van der Waals surface area (Å²) < 4.78 is 23.4. The van der Waals surface area contributed by atoms with Crippen molar-refractivity contribution in [1.29, 1.82) is 0 Å². The van der Waals surface area contributed by atoms with Gasteiger partial charge < -0.3 is 18.9 Å². The Morgan fingerprint density at radius 2 is 1.23 bits per heavy atom. The van der Waals surface area contributed by atoms with Gasteiger partial charge in [0.1, 0.15) is 23.0 Å². The molecule has 0 N–H and O–H groups in total. The maximum atomic E-state index is 5.53. The summed E-state index contributed by atoms with van der Waals surface area (Å²) in [7, 11) is 8.44. The molecular formula is C20H22N2O4. The SMILES string of the molecule is COc1ccc(-c2cc(-c3ccc(OC)cc3OC)n(C)n2)c(OC)c1. The molecule has 0 unspecified atom stereocenters. The van der Waals surface area contributed by atoms with Crippen LogP contribution in [0, 0.1) is 0 Å². The molecule has 0 spiro atoms. The average molecular weight is 354 g/mol. The monoisotopic (exact) mass is 354 g/mol. The number of rotatable bonds is 6. The number of hydrogen-bond donors (Lipinski definition) is 0. The Kier molecular flexibility index (Phi) is 5.02. The van der Waals surface area contributed by atoms with E-state index in [4.69, 9.17) is 18.9 Å². The molecule has 1 aromatic heterocycles. The zero-order valence-electron chi connectivity index (χ0n) is 15.6. The standard InChI is InChI=1S/C20H22N2O4/c1-22-18(16-9-7-14(24-3)11-20(16)26-5)12-17(21-22)15-8-6-13(23-2)10-19(15)25-4/h6-12H,1-5H3. The Hall–Kier alpha value is -3.15. The summed E-state index contributed by atoms with van der Waals surface area (Å²) in [5.74, 6) is 2.90. The zero-order valence-corrected chi connectivity index (χ0v) is 15.6. The van der Waals surface area contributed by atoms with Gasteiger partial charge >= 0.3 is 0 Å². The lowest BCUT2D eigenvalue weighted by Gasteiger charge is -2.10. The van der Waals surface area contributed by atoms with Gasteiger partial charge in [0.25, 0.3) is 0 Å². The third kappa shape index (κ3) is 3.18. The van der Waals surface area contributed by atoms with E-state index >= 15 is 0 Å². The van der Waals surface area contributed by atoms with Crippen LogP contribution in [0.4, 0.5) is 0 Å². The van der Waals surface area contributed by atoms with Crippen LogP contribution in [-0.2, 0) is 7.05 Å². The fourth-order valence-electron chi connectivity index (χ4n) is 2.87. The lowest BCUT2D eigenvalue weighted by atomic mass is 10.1.